The van der Waals surface area contributed by atoms with Crippen molar-refractivity contribution in [1.82, 2.24) is 10.3 Å². The summed E-state index contributed by atoms with van der Waals surface area (Å²) < 4.78 is 5.49. The lowest BCUT2D eigenvalue weighted by Crippen LogP contribution is -2.26. The first kappa shape index (κ1) is 17.4. The molecule has 0 bridgehead atoms. The highest BCUT2D eigenvalue weighted by Gasteiger charge is 2.13. The Labute approximate surface area is 138 Å². The van der Waals surface area contributed by atoms with Crippen LogP contribution in [0.15, 0.2) is 18.2 Å². The summed E-state index contributed by atoms with van der Waals surface area (Å²) in [7, 11) is 0. The molecule has 1 amide bonds. The van der Waals surface area contributed by atoms with Crippen molar-refractivity contribution in [1.29, 1.82) is 0 Å². The number of ether oxygens (including phenoxy) is 1. The van der Waals surface area contributed by atoms with Crippen molar-refractivity contribution in [2.45, 2.75) is 47.1 Å². The molecular weight excluding hydrogens is 288 g/mol. The van der Waals surface area contributed by atoms with Crippen molar-refractivity contribution >= 4 is 16.8 Å². The molecule has 1 N–H and O–H groups in total. The second-order valence-corrected chi connectivity index (χ2v) is 6.32. The topological polar surface area (TPSA) is 51.2 Å². The second-order valence-electron chi connectivity index (χ2n) is 6.32. The minimum absolute atomic E-state index is 0.0463. The first-order valence-electron chi connectivity index (χ1n) is 8.17. The van der Waals surface area contributed by atoms with E-state index in [-0.39, 0.29) is 12.0 Å². The van der Waals surface area contributed by atoms with Crippen molar-refractivity contribution in [3.05, 3.63) is 40.6 Å². The fourth-order valence-electron chi connectivity index (χ4n) is 2.69. The molecule has 124 valence electrons. The van der Waals surface area contributed by atoms with Crippen LogP contribution in [0.4, 0.5) is 0 Å². The first-order valence-corrected chi connectivity index (χ1v) is 8.17. The van der Waals surface area contributed by atoms with E-state index in [2.05, 4.69) is 16.4 Å². The fraction of sp³-hybridized carbons (Fsp3) is 0.474. The van der Waals surface area contributed by atoms with Crippen molar-refractivity contribution in [2.75, 3.05) is 13.2 Å². The monoisotopic (exact) mass is 314 g/mol. The van der Waals surface area contributed by atoms with Gasteiger partial charge in [0.2, 0.25) is 0 Å². The summed E-state index contributed by atoms with van der Waals surface area (Å²) in [6.07, 6.45) is 1.03. The normalized spacial score (nSPS) is 11.2. The standard InChI is InChI=1S/C19H26N2O2/c1-12(2)23-8-6-7-20-19(22)17-11-15(5)21-18-14(4)9-13(3)10-16(17)18/h9-12H,6-8H2,1-5H3,(H,20,22). The van der Waals surface area contributed by atoms with Gasteiger partial charge in [0.1, 0.15) is 0 Å². The Hall–Kier alpha value is -1.94. The molecule has 0 saturated carbocycles. The Morgan fingerprint density at radius 2 is 1.96 bits per heavy atom. The largest absolute Gasteiger partial charge is 0.379 e. The highest BCUT2D eigenvalue weighted by molar-refractivity contribution is 6.07. The molecule has 0 aliphatic rings. The van der Waals surface area contributed by atoms with Gasteiger partial charge in [0.25, 0.3) is 5.91 Å². The molecule has 2 rings (SSSR count). The van der Waals surface area contributed by atoms with Gasteiger partial charge in [-0.2, -0.15) is 0 Å². The van der Waals surface area contributed by atoms with Crippen molar-refractivity contribution in [3.63, 3.8) is 0 Å². The Morgan fingerprint density at radius 1 is 1.22 bits per heavy atom. The number of rotatable bonds is 6. The number of pyridine rings is 1. The molecule has 0 spiro atoms. The number of amides is 1. The van der Waals surface area contributed by atoms with Crippen LogP contribution < -0.4 is 5.32 Å². The van der Waals surface area contributed by atoms with Crippen LogP contribution in [-0.2, 0) is 4.74 Å². The summed E-state index contributed by atoms with van der Waals surface area (Å²) in [5.41, 5.74) is 4.70. The maximum absolute atomic E-state index is 12.6. The summed E-state index contributed by atoms with van der Waals surface area (Å²) in [6.45, 7) is 11.3. The van der Waals surface area contributed by atoms with Crippen molar-refractivity contribution in [2.24, 2.45) is 0 Å². The van der Waals surface area contributed by atoms with Crippen LogP contribution in [0.5, 0.6) is 0 Å². The molecule has 4 nitrogen and oxygen atoms in total. The van der Waals surface area contributed by atoms with E-state index in [1.54, 1.807) is 0 Å². The molecule has 1 heterocycles. The zero-order chi connectivity index (χ0) is 17.0. The van der Waals surface area contributed by atoms with Crippen LogP contribution in [0.2, 0.25) is 0 Å². The molecule has 2 aromatic rings. The number of carbonyl (C=O) groups is 1. The molecule has 0 unspecified atom stereocenters. The zero-order valence-electron chi connectivity index (χ0n) is 14.7. The van der Waals surface area contributed by atoms with Crippen molar-refractivity contribution in [3.8, 4) is 0 Å². The average Bonchev–Trinajstić information content (AvgIpc) is 2.46. The van der Waals surface area contributed by atoms with Gasteiger partial charge in [-0.1, -0.05) is 11.6 Å². The maximum Gasteiger partial charge on any atom is 0.252 e. The minimum atomic E-state index is -0.0463. The summed E-state index contributed by atoms with van der Waals surface area (Å²) >= 11 is 0. The molecular formula is C19H26N2O2. The average molecular weight is 314 g/mol. The Bertz CT molecular complexity index is 708. The van der Waals surface area contributed by atoms with Gasteiger partial charge in [0.15, 0.2) is 0 Å². The molecule has 1 aromatic heterocycles. The minimum Gasteiger partial charge on any atom is -0.379 e. The number of hydrogen-bond donors (Lipinski definition) is 1. The van der Waals surface area contributed by atoms with E-state index in [1.165, 1.54) is 0 Å². The summed E-state index contributed by atoms with van der Waals surface area (Å²) in [4.78, 5) is 17.1. The van der Waals surface area contributed by atoms with Crippen LogP contribution in [-0.4, -0.2) is 30.1 Å². The van der Waals surface area contributed by atoms with Gasteiger partial charge in [0, 0.05) is 24.2 Å². The lowest BCUT2D eigenvalue weighted by atomic mass is 10.0. The predicted octanol–water partition coefficient (Wildman–Crippen LogP) is 3.70. The van der Waals surface area contributed by atoms with E-state index in [4.69, 9.17) is 4.74 Å². The third-order valence-electron chi connectivity index (χ3n) is 3.68. The summed E-state index contributed by atoms with van der Waals surface area (Å²) in [6, 6.07) is 5.99. The Morgan fingerprint density at radius 3 is 2.65 bits per heavy atom. The molecule has 0 radical (unpaired) electrons. The molecule has 0 atom stereocenters. The summed E-state index contributed by atoms with van der Waals surface area (Å²) in [5.74, 6) is -0.0463. The van der Waals surface area contributed by atoms with Crippen LogP contribution in [0, 0.1) is 20.8 Å². The second kappa shape index (κ2) is 7.55. The summed E-state index contributed by atoms with van der Waals surface area (Å²) in [5, 5.41) is 3.90. The number of nitrogens with one attached hydrogen (secondary N) is 1. The number of fused-ring (bicyclic) bond motifs is 1. The third-order valence-corrected chi connectivity index (χ3v) is 3.68. The first-order chi connectivity index (χ1) is 10.9. The van der Waals surface area contributed by atoms with Gasteiger partial charge in [0.05, 0.1) is 17.2 Å². The van der Waals surface area contributed by atoms with E-state index < -0.39 is 0 Å². The molecule has 4 heteroatoms. The quantitative estimate of drug-likeness (QED) is 0.827. The number of benzene rings is 1. The molecule has 1 aromatic carbocycles. The number of aryl methyl sites for hydroxylation is 3. The van der Waals surface area contributed by atoms with Crippen LogP contribution >= 0.6 is 0 Å². The molecule has 0 saturated heterocycles. The van der Waals surface area contributed by atoms with Crippen LogP contribution in [0.3, 0.4) is 0 Å². The lowest BCUT2D eigenvalue weighted by Gasteiger charge is -2.12. The van der Waals surface area contributed by atoms with Gasteiger partial charge in [-0.3, -0.25) is 9.78 Å². The number of carbonyl (C=O) groups excluding carboxylic acids is 1. The SMILES string of the molecule is Cc1cc(C)c2nc(C)cc(C(=O)NCCCOC(C)C)c2c1. The highest BCUT2D eigenvalue weighted by atomic mass is 16.5. The Kier molecular flexibility index (Phi) is 5.72. The maximum atomic E-state index is 12.6. The molecule has 0 fully saturated rings. The van der Waals surface area contributed by atoms with Gasteiger partial charge < -0.3 is 10.1 Å². The number of nitrogens with zero attached hydrogens (tertiary/aromatic N) is 1. The van der Waals surface area contributed by atoms with E-state index in [9.17, 15) is 4.79 Å². The third kappa shape index (κ3) is 4.52. The van der Waals surface area contributed by atoms with Crippen molar-refractivity contribution < 1.29 is 9.53 Å². The highest BCUT2D eigenvalue weighted by Crippen LogP contribution is 2.23. The van der Waals surface area contributed by atoms with E-state index in [0.29, 0.717) is 18.7 Å². The van der Waals surface area contributed by atoms with Gasteiger partial charge >= 0.3 is 0 Å². The predicted molar refractivity (Wildman–Crippen MR) is 94.0 cm³/mol. The lowest BCUT2D eigenvalue weighted by molar-refractivity contribution is 0.0757. The molecule has 0 aliphatic heterocycles. The number of hydrogen-bond acceptors (Lipinski definition) is 3. The smallest absolute Gasteiger partial charge is 0.252 e. The fourth-order valence-corrected chi connectivity index (χ4v) is 2.69. The van der Waals surface area contributed by atoms with E-state index in [1.807, 2.05) is 46.8 Å². The van der Waals surface area contributed by atoms with E-state index >= 15 is 0 Å². The van der Waals surface area contributed by atoms with Gasteiger partial charge in [-0.05, 0) is 58.7 Å². The molecule has 23 heavy (non-hydrogen) atoms. The van der Waals surface area contributed by atoms with E-state index in [0.717, 1.165) is 34.1 Å². The van der Waals surface area contributed by atoms with Gasteiger partial charge in [-0.25, -0.2) is 0 Å². The molecule has 0 aliphatic carbocycles. The zero-order valence-corrected chi connectivity index (χ0v) is 14.7. The van der Waals surface area contributed by atoms with Gasteiger partial charge in [-0.15, -0.1) is 0 Å². The van der Waals surface area contributed by atoms with Crippen LogP contribution in [0.25, 0.3) is 10.9 Å². The Balaban J connectivity index is 2.17. The number of aromatic nitrogens is 1. The van der Waals surface area contributed by atoms with Crippen LogP contribution in [0.1, 0.15) is 47.4 Å².